The molecule has 0 radical (unpaired) electrons. The van der Waals surface area contributed by atoms with Crippen molar-refractivity contribution in [2.45, 2.75) is 106 Å². The number of carbonyl (C=O) groups excluding carboxylic acids is 1. The van der Waals surface area contributed by atoms with Gasteiger partial charge in [-0.2, -0.15) is 0 Å². The number of aliphatic carboxylic acids is 1. The molecule has 2 rings (SSSR count). The molecule has 7 unspecified atom stereocenters. The summed E-state index contributed by atoms with van der Waals surface area (Å²) in [5.74, 6) is -0.685. The van der Waals surface area contributed by atoms with Crippen molar-refractivity contribution in [3.8, 4) is 0 Å². The third-order valence-corrected chi connectivity index (χ3v) is 9.31. The lowest BCUT2D eigenvalue weighted by Crippen LogP contribution is -2.49. The van der Waals surface area contributed by atoms with Crippen molar-refractivity contribution in [3.63, 3.8) is 0 Å². The summed E-state index contributed by atoms with van der Waals surface area (Å²) < 4.78 is 5.85. The van der Waals surface area contributed by atoms with Gasteiger partial charge < -0.3 is 9.84 Å². The highest BCUT2D eigenvalue weighted by atomic mass is 16.5. The Hall–Kier alpha value is -1.06. The van der Waals surface area contributed by atoms with Crippen LogP contribution in [-0.2, 0) is 14.3 Å². The molecule has 4 heteroatoms. The third kappa shape index (κ3) is 5.85. The van der Waals surface area contributed by atoms with E-state index >= 15 is 0 Å². The molecule has 31 heavy (non-hydrogen) atoms. The second kappa shape index (κ2) is 10.7. The lowest BCUT2D eigenvalue weighted by Gasteiger charge is -2.55. The first-order chi connectivity index (χ1) is 14.4. The standard InChI is InChI=1S/C27H48O4/c1-8-9-10-14-22-19(3)20(15-16-27(22,7)26(4,5)6)17-31-25(30)21-13-11-12-18(2)23(21)24(28)29/h18-23H,8-17H2,1-7H3,(H,28,29). The van der Waals surface area contributed by atoms with Crippen molar-refractivity contribution < 1.29 is 19.4 Å². The maximum absolute atomic E-state index is 12.9. The maximum atomic E-state index is 12.9. The highest BCUT2D eigenvalue weighted by Crippen LogP contribution is 2.57. The molecule has 0 heterocycles. The Morgan fingerprint density at radius 2 is 1.77 bits per heavy atom. The van der Waals surface area contributed by atoms with Crippen molar-refractivity contribution in [2.24, 2.45) is 46.3 Å². The van der Waals surface area contributed by atoms with Gasteiger partial charge in [-0.25, -0.2) is 0 Å². The van der Waals surface area contributed by atoms with E-state index in [1.807, 2.05) is 6.92 Å². The Morgan fingerprint density at radius 1 is 1.10 bits per heavy atom. The first-order valence-electron chi connectivity index (χ1n) is 12.8. The minimum Gasteiger partial charge on any atom is -0.481 e. The quantitative estimate of drug-likeness (QED) is 0.330. The first kappa shape index (κ1) is 26.2. The van der Waals surface area contributed by atoms with Gasteiger partial charge in [-0.1, -0.05) is 74.1 Å². The Kier molecular flexibility index (Phi) is 9.05. The Labute approximate surface area is 190 Å². The summed E-state index contributed by atoms with van der Waals surface area (Å²) in [6.07, 6.45) is 9.70. The number of carboxylic acid groups (broad SMARTS) is 1. The topological polar surface area (TPSA) is 63.6 Å². The van der Waals surface area contributed by atoms with E-state index in [0.717, 1.165) is 25.7 Å². The summed E-state index contributed by atoms with van der Waals surface area (Å²) in [5.41, 5.74) is 0.528. The SMILES string of the molecule is CCCCCC1C(C)C(COC(=O)C2CCCC(C)C2C(=O)O)CCC1(C)C(C)(C)C. The van der Waals surface area contributed by atoms with Crippen LogP contribution in [0.5, 0.6) is 0 Å². The van der Waals surface area contributed by atoms with Gasteiger partial charge in [0.15, 0.2) is 0 Å². The zero-order valence-corrected chi connectivity index (χ0v) is 21.2. The molecule has 2 aliphatic carbocycles. The second-order valence-electron chi connectivity index (χ2n) is 11.9. The number of carbonyl (C=O) groups is 2. The van der Waals surface area contributed by atoms with Crippen molar-refractivity contribution in [1.29, 1.82) is 0 Å². The molecular weight excluding hydrogens is 388 g/mol. The fourth-order valence-electron chi connectivity index (χ4n) is 6.60. The zero-order valence-electron chi connectivity index (χ0n) is 21.2. The van der Waals surface area contributed by atoms with Gasteiger partial charge in [0.2, 0.25) is 0 Å². The third-order valence-electron chi connectivity index (χ3n) is 9.31. The molecule has 2 aliphatic rings. The van der Waals surface area contributed by atoms with Crippen LogP contribution >= 0.6 is 0 Å². The average molecular weight is 437 g/mol. The van der Waals surface area contributed by atoms with E-state index in [1.54, 1.807) is 0 Å². The highest BCUT2D eigenvalue weighted by molar-refractivity contribution is 5.81. The zero-order chi connectivity index (χ0) is 23.4. The van der Waals surface area contributed by atoms with E-state index in [-0.39, 0.29) is 22.7 Å². The van der Waals surface area contributed by atoms with Crippen LogP contribution in [0, 0.1) is 46.3 Å². The monoisotopic (exact) mass is 436 g/mol. The van der Waals surface area contributed by atoms with E-state index in [4.69, 9.17) is 4.74 Å². The fraction of sp³-hybridized carbons (Fsp3) is 0.926. The largest absolute Gasteiger partial charge is 0.481 e. The lowest BCUT2D eigenvalue weighted by atomic mass is 9.50. The number of unbranched alkanes of at least 4 members (excludes halogenated alkanes) is 2. The number of ether oxygens (including phenoxy) is 1. The number of hydrogen-bond donors (Lipinski definition) is 1. The van der Waals surface area contributed by atoms with Gasteiger partial charge in [0, 0.05) is 0 Å². The van der Waals surface area contributed by atoms with Crippen LogP contribution < -0.4 is 0 Å². The van der Waals surface area contributed by atoms with Gasteiger partial charge in [0.25, 0.3) is 0 Å². The van der Waals surface area contributed by atoms with Gasteiger partial charge in [-0.05, 0) is 66.6 Å². The molecule has 0 aromatic carbocycles. The van der Waals surface area contributed by atoms with Crippen molar-refractivity contribution in [3.05, 3.63) is 0 Å². The van der Waals surface area contributed by atoms with Crippen molar-refractivity contribution >= 4 is 11.9 Å². The summed E-state index contributed by atoms with van der Waals surface area (Å²) in [4.78, 5) is 24.7. The molecule has 2 saturated carbocycles. The summed E-state index contributed by atoms with van der Waals surface area (Å²) in [5, 5.41) is 9.65. The van der Waals surface area contributed by atoms with E-state index in [9.17, 15) is 14.7 Å². The molecule has 2 fully saturated rings. The minimum atomic E-state index is -0.850. The van der Waals surface area contributed by atoms with Gasteiger partial charge in [0.05, 0.1) is 18.4 Å². The molecule has 1 N–H and O–H groups in total. The predicted octanol–water partition coefficient (Wildman–Crippen LogP) is 6.96. The van der Waals surface area contributed by atoms with Crippen LogP contribution in [0.25, 0.3) is 0 Å². The van der Waals surface area contributed by atoms with Crippen LogP contribution in [0.2, 0.25) is 0 Å². The van der Waals surface area contributed by atoms with E-state index < -0.39 is 17.8 Å². The Balaban J connectivity index is 2.06. The van der Waals surface area contributed by atoms with Crippen LogP contribution in [-0.4, -0.2) is 23.7 Å². The summed E-state index contributed by atoms with van der Waals surface area (Å²) in [6.45, 7) is 16.6. The summed E-state index contributed by atoms with van der Waals surface area (Å²) in [7, 11) is 0. The molecule has 4 nitrogen and oxygen atoms in total. The predicted molar refractivity (Wildman–Crippen MR) is 126 cm³/mol. The van der Waals surface area contributed by atoms with E-state index in [2.05, 4.69) is 41.5 Å². The summed E-state index contributed by atoms with van der Waals surface area (Å²) >= 11 is 0. The average Bonchev–Trinajstić information content (AvgIpc) is 2.68. The van der Waals surface area contributed by atoms with Gasteiger partial charge in [-0.15, -0.1) is 0 Å². The van der Waals surface area contributed by atoms with E-state index in [0.29, 0.717) is 30.8 Å². The van der Waals surface area contributed by atoms with Gasteiger partial charge in [-0.3, -0.25) is 9.59 Å². The fourth-order valence-corrected chi connectivity index (χ4v) is 6.60. The lowest BCUT2D eigenvalue weighted by molar-refractivity contribution is -0.164. The molecule has 0 aromatic heterocycles. The van der Waals surface area contributed by atoms with Crippen molar-refractivity contribution in [2.75, 3.05) is 6.61 Å². The minimum absolute atomic E-state index is 0.0350. The van der Waals surface area contributed by atoms with Crippen LogP contribution in [0.4, 0.5) is 0 Å². The van der Waals surface area contributed by atoms with Crippen LogP contribution in [0.3, 0.4) is 0 Å². The first-order valence-corrected chi connectivity index (χ1v) is 12.8. The smallest absolute Gasteiger partial charge is 0.309 e. The molecule has 0 bridgehead atoms. The van der Waals surface area contributed by atoms with Crippen LogP contribution in [0.1, 0.15) is 106 Å². The summed E-state index contributed by atoms with van der Waals surface area (Å²) in [6, 6.07) is 0. The van der Waals surface area contributed by atoms with Gasteiger partial charge >= 0.3 is 11.9 Å². The van der Waals surface area contributed by atoms with E-state index in [1.165, 1.54) is 25.7 Å². The van der Waals surface area contributed by atoms with Crippen LogP contribution in [0.15, 0.2) is 0 Å². The molecule has 0 spiro atoms. The Morgan fingerprint density at radius 3 is 2.35 bits per heavy atom. The molecule has 0 aliphatic heterocycles. The molecular formula is C27H48O4. The molecule has 0 saturated heterocycles. The highest BCUT2D eigenvalue weighted by Gasteiger charge is 2.50. The molecule has 7 atom stereocenters. The number of carboxylic acids is 1. The Bertz CT molecular complexity index is 607. The number of hydrogen-bond acceptors (Lipinski definition) is 3. The number of rotatable bonds is 8. The maximum Gasteiger partial charge on any atom is 0.309 e. The second-order valence-corrected chi connectivity index (χ2v) is 11.9. The molecule has 180 valence electrons. The van der Waals surface area contributed by atoms with Gasteiger partial charge in [0.1, 0.15) is 0 Å². The molecule has 0 amide bonds. The number of esters is 1. The molecule has 0 aromatic rings. The normalized spacial score (nSPS) is 36.7. The van der Waals surface area contributed by atoms with Crippen molar-refractivity contribution in [1.82, 2.24) is 0 Å².